The Morgan fingerprint density at radius 3 is 2.75 bits per heavy atom. The molecule has 1 aromatic heterocycles. The molecule has 0 saturated carbocycles. The van der Waals surface area contributed by atoms with Crippen LogP contribution in [0.1, 0.15) is 35.8 Å². The molecule has 3 heteroatoms. The molecule has 0 fully saturated rings. The minimum absolute atomic E-state index is 1.01. The minimum atomic E-state index is 1.01. The van der Waals surface area contributed by atoms with Gasteiger partial charge in [0.1, 0.15) is 0 Å². The van der Waals surface area contributed by atoms with Crippen LogP contribution < -0.4 is 5.32 Å². The summed E-state index contributed by atoms with van der Waals surface area (Å²) in [5.41, 5.74) is 2.60. The van der Waals surface area contributed by atoms with Gasteiger partial charge in [-0.05, 0) is 40.3 Å². The summed E-state index contributed by atoms with van der Waals surface area (Å²) in [6.07, 6.45) is 4.43. The lowest BCUT2D eigenvalue weighted by atomic mass is 10.2. The fraction of sp³-hybridized carbons (Fsp3) is 0.615. The fourth-order valence-electron chi connectivity index (χ4n) is 1.52. The largest absolute Gasteiger partial charge is 0.317 e. The van der Waals surface area contributed by atoms with E-state index < -0.39 is 0 Å². The van der Waals surface area contributed by atoms with Gasteiger partial charge in [0.25, 0.3) is 0 Å². The third-order valence-corrected chi connectivity index (χ3v) is 3.64. The molecule has 0 unspecified atom stereocenters. The van der Waals surface area contributed by atoms with Crippen molar-refractivity contribution in [3.05, 3.63) is 27.2 Å². The van der Waals surface area contributed by atoms with E-state index in [0.29, 0.717) is 0 Å². The van der Waals surface area contributed by atoms with Crippen molar-refractivity contribution in [2.24, 2.45) is 0 Å². The molecule has 90 valence electrons. The first-order valence-electron chi connectivity index (χ1n) is 5.92. The molecule has 0 bridgehead atoms. The van der Waals surface area contributed by atoms with E-state index in [2.05, 4.69) is 44.1 Å². The molecule has 0 aromatic carbocycles. The maximum Gasteiger partial charge on any atom is 0.0971 e. The molecule has 0 saturated heterocycles. The molecule has 0 atom stereocenters. The lowest BCUT2D eigenvalue weighted by Crippen LogP contribution is -2.13. The van der Waals surface area contributed by atoms with E-state index >= 15 is 0 Å². The van der Waals surface area contributed by atoms with E-state index in [-0.39, 0.29) is 0 Å². The average Bonchev–Trinajstić information content (AvgIpc) is 2.53. The van der Waals surface area contributed by atoms with Crippen molar-refractivity contribution in [1.29, 1.82) is 0 Å². The summed E-state index contributed by atoms with van der Waals surface area (Å²) < 4.78 is 0. The van der Waals surface area contributed by atoms with Crippen molar-refractivity contribution in [3.63, 3.8) is 0 Å². The van der Waals surface area contributed by atoms with Gasteiger partial charge in [-0.2, -0.15) is 0 Å². The normalized spacial score (nSPS) is 12.1. The second-order valence-corrected chi connectivity index (χ2v) is 5.41. The quantitative estimate of drug-likeness (QED) is 0.608. The number of hydrogen-bond donors (Lipinski definition) is 1. The summed E-state index contributed by atoms with van der Waals surface area (Å²) in [6.45, 7) is 10.7. The van der Waals surface area contributed by atoms with Crippen LogP contribution in [0.25, 0.3) is 0 Å². The monoisotopic (exact) mass is 238 g/mol. The number of thiazole rings is 1. The molecule has 1 rings (SSSR count). The Bertz CT molecular complexity index is 333. The summed E-state index contributed by atoms with van der Waals surface area (Å²) in [4.78, 5) is 5.90. The number of aromatic nitrogens is 1. The van der Waals surface area contributed by atoms with Crippen molar-refractivity contribution in [1.82, 2.24) is 10.3 Å². The van der Waals surface area contributed by atoms with Crippen molar-refractivity contribution < 1.29 is 0 Å². The highest BCUT2D eigenvalue weighted by Crippen LogP contribution is 2.19. The van der Waals surface area contributed by atoms with Crippen molar-refractivity contribution in [2.45, 2.75) is 40.5 Å². The zero-order valence-corrected chi connectivity index (χ0v) is 11.6. The molecule has 0 aliphatic carbocycles. The predicted octanol–water partition coefficient (Wildman–Crippen LogP) is 3.25. The van der Waals surface area contributed by atoms with Gasteiger partial charge in [-0.15, -0.1) is 11.3 Å². The van der Waals surface area contributed by atoms with E-state index in [4.69, 9.17) is 0 Å². The Balaban J connectivity index is 2.41. The minimum Gasteiger partial charge on any atom is -0.317 e. The van der Waals surface area contributed by atoms with Gasteiger partial charge < -0.3 is 5.32 Å². The highest BCUT2D eigenvalue weighted by molar-refractivity contribution is 7.11. The second-order valence-electron chi connectivity index (χ2n) is 4.12. The van der Waals surface area contributed by atoms with Gasteiger partial charge in [0.05, 0.1) is 10.7 Å². The van der Waals surface area contributed by atoms with Crippen LogP contribution in [-0.4, -0.2) is 18.1 Å². The Kier molecular flexibility index (Phi) is 5.71. The lowest BCUT2D eigenvalue weighted by molar-refractivity contribution is 0.724. The Labute approximate surface area is 103 Å². The summed E-state index contributed by atoms with van der Waals surface area (Å²) in [6, 6.07) is 0. The van der Waals surface area contributed by atoms with Crippen LogP contribution in [0.4, 0.5) is 0 Å². The Morgan fingerprint density at radius 2 is 2.19 bits per heavy atom. The van der Waals surface area contributed by atoms with Crippen LogP contribution in [0.15, 0.2) is 11.6 Å². The van der Waals surface area contributed by atoms with Gasteiger partial charge in [-0.25, -0.2) is 4.98 Å². The number of allylic oxidation sites excluding steroid dienone is 1. The Morgan fingerprint density at radius 1 is 1.44 bits per heavy atom. The molecule has 0 aliphatic rings. The number of nitrogens with zero attached hydrogens (tertiary/aromatic N) is 1. The van der Waals surface area contributed by atoms with E-state index in [1.165, 1.54) is 21.2 Å². The van der Waals surface area contributed by atoms with E-state index in [9.17, 15) is 0 Å². The zero-order valence-electron chi connectivity index (χ0n) is 10.8. The average molecular weight is 238 g/mol. The maximum atomic E-state index is 4.56. The smallest absolute Gasteiger partial charge is 0.0971 e. The molecule has 1 heterocycles. The number of nitrogens with one attached hydrogen (secondary N) is 1. The summed E-state index contributed by atoms with van der Waals surface area (Å²) in [5, 5.41) is 4.57. The predicted molar refractivity (Wildman–Crippen MR) is 72.2 cm³/mol. The van der Waals surface area contributed by atoms with Crippen molar-refractivity contribution in [2.75, 3.05) is 13.1 Å². The van der Waals surface area contributed by atoms with Crippen molar-refractivity contribution in [3.8, 4) is 0 Å². The van der Waals surface area contributed by atoms with E-state index in [1.807, 2.05) is 11.3 Å². The van der Waals surface area contributed by atoms with Crippen molar-refractivity contribution >= 4 is 11.3 Å². The van der Waals surface area contributed by atoms with Gasteiger partial charge in [-0.1, -0.05) is 18.6 Å². The Hall–Kier alpha value is -0.670. The second kappa shape index (κ2) is 6.81. The lowest BCUT2D eigenvalue weighted by Gasteiger charge is -1.99. The van der Waals surface area contributed by atoms with Gasteiger partial charge in [-0.3, -0.25) is 0 Å². The van der Waals surface area contributed by atoms with Gasteiger partial charge in [0.15, 0.2) is 0 Å². The summed E-state index contributed by atoms with van der Waals surface area (Å²) in [5.74, 6) is 0. The first kappa shape index (κ1) is 13.4. The van der Waals surface area contributed by atoms with Crippen LogP contribution >= 0.6 is 11.3 Å². The number of aryl methyl sites for hydroxylation is 2. The molecular formula is C13H22N2S. The zero-order chi connectivity index (χ0) is 12.0. The third-order valence-electron chi connectivity index (χ3n) is 2.57. The molecule has 16 heavy (non-hydrogen) atoms. The molecule has 1 aromatic rings. The van der Waals surface area contributed by atoms with Crippen LogP contribution in [0.2, 0.25) is 0 Å². The van der Waals surface area contributed by atoms with Gasteiger partial charge in [0.2, 0.25) is 0 Å². The molecule has 1 N–H and O–H groups in total. The molecule has 0 spiro atoms. The van der Waals surface area contributed by atoms with Gasteiger partial charge in [0, 0.05) is 11.3 Å². The van der Waals surface area contributed by atoms with Gasteiger partial charge >= 0.3 is 0 Å². The summed E-state index contributed by atoms with van der Waals surface area (Å²) in [7, 11) is 0. The van der Waals surface area contributed by atoms with Crippen LogP contribution in [0.3, 0.4) is 0 Å². The van der Waals surface area contributed by atoms with Crippen LogP contribution in [-0.2, 0) is 6.42 Å². The summed E-state index contributed by atoms with van der Waals surface area (Å²) >= 11 is 1.82. The first-order chi connectivity index (χ1) is 7.63. The number of hydrogen-bond acceptors (Lipinski definition) is 3. The maximum absolute atomic E-state index is 4.56. The SMILES string of the molecule is CCNCCC=C(C)Cc1nc(C)c(C)s1. The molecule has 0 radical (unpaired) electrons. The molecule has 0 aliphatic heterocycles. The molecular weight excluding hydrogens is 216 g/mol. The highest BCUT2D eigenvalue weighted by atomic mass is 32.1. The van der Waals surface area contributed by atoms with E-state index in [0.717, 1.165) is 25.9 Å². The van der Waals surface area contributed by atoms with E-state index in [1.54, 1.807) is 0 Å². The highest BCUT2D eigenvalue weighted by Gasteiger charge is 2.03. The fourth-order valence-corrected chi connectivity index (χ4v) is 2.55. The first-order valence-corrected chi connectivity index (χ1v) is 6.74. The third kappa shape index (κ3) is 4.45. The standard InChI is InChI=1S/C13H22N2S/c1-5-14-8-6-7-10(2)9-13-15-11(3)12(4)16-13/h7,14H,5-6,8-9H2,1-4H3. The molecule has 0 amide bonds. The van der Waals surface area contributed by atoms with Crippen LogP contribution in [0.5, 0.6) is 0 Å². The topological polar surface area (TPSA) is 24.9 Å². The van der Waals surface area contributed by atoms with Crippen LogP contribution in [0, 0.1) is 13.8 Å². The number of rotatable bonds is 6. The molecule has 2 nitrogen and oxygen atoms in total.